The van der Waals surface area contributed by atoms with E-state index in [2.05, 4.69) is 70.7 Å². The predicted molar refractivity (Wildman–Crippen MR) is 75.7 cm³/mol. The molecule has 0 heterocycles. The fraction of sp³-hybridized carbons (Fsp3) is 1.00. The van der Waals surface area contributed by atoms with Crippen LogP contribution in [0.25, 0.3) is 0 Å². The first-order valence-corrected chi connectivity index (χ1v) is 6.63. The summed E-state index contributed by atoms with van der Waals surface area (Å²) >= 11 is 0. The zero-order valence-electron chi connectivity index (χ0n) is 13.0. The topological polar surface area (TPSA) is 35.7 Å². The third kappa shape index (κ3) is 2.99. The van der Waals surface area contributed by atoms with Crippen LogP contribution in [0.5, 0.6) is 0 Å². The van der Waals surface area contributed by atoms with Crippen LogP contribution in [0.4, 0.5) is 0 Å². The lowest BCUT2D eigenvalue weighted by Gasteiger charge is -2.54. The molecule has 0 saturated heterocycles. The minimum Gasteiger partial charge on any atom is -0.311 e. The monoisotopic (exact) mass is 244 g/mol. The van der Waals surface area contributed by atoms with E-state index in [1.54, 1.807) is 0 Å². The van der Waals surface area contributed by atoms with Crippen LogP contribution in [-0.2, 0) is 0 Å². The Morgan fingerprint density at radius 2 is 1.35 bits per heavy atom. The van der Waals surface area contributed by atoms with Crippen LogP contribution >= 0.6 is 0 Å². The molecule has 2 unspecified atom stereocenters. The zero-order chi connectivity index (χ0) is 13.9. The van der Waals surface area contributed by atoms with E-state index in [0.717, 1.165) is 19.5 Å². The van der Waals surface area contributed by atoms with Crippen LogP contribution < -0.4 is 5.73 Å². The van der Waals surface area contributed by atoms with Crippen molar-refractivity contribution in [2.75, 3.05) is 34.2 Å². The van der Waals surface area contributed by atoms with Gasteiger partial charge in [-0.25, -0.2) is 10.0 Å². The minimum absolute atomic E-state index is 0.0651. The lowest BCUT2D eigenvalue weighted by atomic mass is 9.83. The molecule has 4 nitrogen and oxygen atoms in total. The third-order valence-electron chi connectivity index (χ3n) is 4.59. The Balaban J connectivity index is 5.21. The maximum Gasteiger partial charge on any atom is 0.0974 e. The van der Waals surface area contributed by atoms with Crippen molar-refractivity contribution in [1.29, 1.82) is 0 Å². The molecular formula is C13H32N4. The van der Waals surface area contributed by atoms with Crippen molar-refractivity contribution < 1.29 is 0 Å². The molecule has 2 N–H and O–H groups in total. The normalized spacial score (nSPS) is 19.8. The van der Waals surface area contributed by atoms with Gasteiger partial charge in [0.15, 0.2) is 0 Å². The average Bonchev–Trinajstić information content (AvgIpc) is 2.28. The van der Waals surface area contributed by atoms with Gasteiger partial charge in [0.2, 0.25) is 0 Å². The van der Waals surface area contributed by atoms with Gasteiger partial charge in [0.1, 0.15) is 0 Å². The van der Waals surface area contributed by atoms with E-state index in [9.17, 15) is 0 Å². The lowest BCUT2D eigenvalue weighted by Crippen LogP contribution is -2.73. The van der Waals surface area contributed by atoms with Gasteiger partial charge in [0.25, 0.3) is 0 Å². The Morgan fingerprint density at radius 3 is 1.59 bits per heavy atom. The fourth-order valence-electron chi connectivity index (χ4n) is 2.42. The Bertz CT molecular complexity index is 223. The zero-order valence-corrected chi connectivity index (χ0v) is 13.0. The van der Waals surface area contributed by atoms with Gasteiger partial charge in [-0.1, -0.05) is 20.8 Å². The molecule has 0 amide bonds. The molecule has 0 aliphatic carbocycles. The SMILES string of the molecule is CCN(CC)N(C)C(C)(N)C(C)(CC)N(C)C. The minimum atomic E-state index is -0.405. The van der Waals surface area contributed by atoms with E-state index in [1.165, 1.54) is 0 Å². The maximum absolute atomic E-state index is 6.64. The smallest absolute Gasteiger partial charge is 0.0974 e. The number of hydrogen-bond donors (Lipinski definition) is 1. The molecule has 4 heteroatoms. The highest BCUT2D eigenvalue weighted by molar-refractivity contribution is 5.01. The van der Waals surface area contributed by atoms with E-state index in [0.29, 0.717) is 0 Å². The Morgan fingerprint density at radius 1 is 0.941 bits per heavy atom. The van der Waals surface area contributed by atoms with Crippen LogP contribution in [-0.4, -0.2) is 60.4 Å². The summed E-state index contributed by atoms with van der Waals surface area (Å²) in [5, 5.41) is 4.47. The van der Waals surface area contributed by atoms with Crippen molar-refractivity contribution in [2.45, 2.75) is 52.2 Å². The molecule has 0 rings (SSSR count). The molecule has 0 aromatic carbocycles. The predicted octanol–water partition coefficient (Wildman–Crippen LogP) is 1.58. The van der Waals surface area contributed by atoms with Crippen LogP contribution in [0, 0.1) is 0 Å². The van der Waals surface area contributed by atoms with Crippen LogP contribution in [0.1, 0.15) is 41.0 Å². The first-order chi connectivity index (χ1) is 7.68. The molecule has 0 saturated carbocycles. The van der Waals surface area contributed by atoms with Crippen LogP contribution in [0.15, 0.2) is 0 Å². The fourth-order valence-corrected chi connectivity index (χ4v) is 2.42. The summed E-state index contributed by atoms with van der Waals surface area (Å²) in [7, 11) is 6.29. The molecule has 0 radical (unpaired) electrons. The lowest BCUT2D eigenvalue weighted by molar-refractivity contribution is -0.135. The average molecular weight is 244 g/mol. The van der Waals surface area contributed by atoms with Gasteiger partial charge < -0.3 is 10.6 Å². The number of rotatable bonds is 7. The summed E-state index contributed by atoms with van der Waals surface area (Å²) in [5.41, 5.74) is 6.17. The number of likely N-dealkylation sites (N-methyl/N-ethyl adjacent to an activating group) is 2. The summed E-state index contributed by atoms with van der Waals surface area (Å²) in [6.07, 6.45) is 1.01. The molecule has 104 valence electrons. The van der Waals surface area contributed by atoms with Crippen molar-refractivity contribution in [3.8, 4) is 0 Å². The molecule has 0 aliphatic heterocycles. The van der Waals surface area contributed by atoms with E-state index < -0.39 is 5.66 Å². The van der Waals surface area contributed by atoms with Gasteiger partial charge in [0.05, 0.1) is 5.66 Å². The van der Waals surface area contributed by atoms with Crippen molar-refractivity contribution in [3.05, 3.63) is 0 Å². The Kier molecular flexibility index (Phi) is 6.08. The largest absolute Gasteiger partial charge is 0.311 e. The van der Waals surface area contributed by atoms with E-state index in [4.69, 9.17) is 5.73 Å². The molecule has 2 atom stereocenters. The molecule has 17 heavy (non-hydrogen) atoms. The second-order valence-corrected chi connectivity index (χ2v) is 5.33. The summed E-state index contributed by atoms with van der Waals surface area (Å²) < 4.78 is 0. The molecular weight excluding hydrogens is 212 g/mol. The molecule has 0 spiro atoms. The highest BCUT2D eigenvalue weighted by Gasteiger charge is 2.46. The van der Waals surface area contributed by atoms with Gasteiger partial charge in [-0.15, -0.1) is 0 Å². The van der Waals surface area contributed by atoms with Gasteiger partial charge in [0, 0.05) is 25.7 Å². The number of nitrogens with two attached hydrogens (primary N) is 1. The van der Waals surface area contributed by atoms with Crippen molar-refractivity contribution >= 4 is 0 Å². The van der Waals surface area contributed by atoms with Gasteiger partial charge in [-0.2, -0.15) is 0 Å². The summed E-state index contributed by atoms with van der Waals surface area (Å²) in [6.45, 7) is 12.8. The van der Waals surface area contributed by atoms with Crippen LogP contribution in [0.2, 0.25) is 0 Å². The molecule has 0 aromatic rings. The standard InChI is InChI=1S/C13H32N4/c1-9-12(4,15(6)7)13(5,14)16(8)17(10-2)11-3/h9-11,14H2,1-8H3. The highest BCUT2D eigenvalue weighted by Crippen LogP contribution is 2.31. The van der Waals surface area contributed by atoms with Crippen molar-refractivity contribution in [2.24, 2.45) is 5.73 Å². The van der Waals surface area contributed by atoms with Crippen molar-refractivity contribution in [1.82, 2.24) is 14.9 Å². The number of nitrogens with zero attached hydrogens (tertiary/aromatic N) is 3. The number of hydrogen-bond acceptors (Lipinski definition) is 4. The Hall–Kier alpha value is -0.160. The van der Waals surface area contributed by atoms with E-state index in [1.807, 2.05) is 0 Å². The summed E-state index contributed by atoms with van der Waals surface area (Å²) in [4.78, 5) is 2.23. The first kappa shape index (κ1) is 16.8. The first-order valence-electron chi connectivity index (χ1n) is 6.63. The van der Waals surface area contributed by atoms with Crippen molar-refractivity contribution in [3.63, 3.8) is 0 Å². The molecule has 0 aliphatic rings. The molecule has 0 bridgehead atoms. The number of hydrazine groups is 1. The van der Waals surface area contributed by atoms with E-state index >= 15 is 0 Å². The van der Waals surface area contributed by atoms with Gasteiger partial charge >= 0.3 is 0 Å². The summed E-state index contributed by atoms with van der Waals surface area (Å²) in [6, 6.07) is 0. The van der Waals surface area contributed by atoms with Gasteiger partial charge in [-0.05, 0) is 34.4 Å². The molecule has 0 fully saturated rings. The van der Waals surface area contributed by atoms with Gasteiger partial charge in [-0.3, -0.25) is 0 Å². The second kappa shape index (κ2) is 6.14. The second-order valence-electron chi connectivity index (χ2n) is 5.33. The third-order valence-corrected chi connectivity index (χ3v) is 4.59. The highest BCUT2D eigenvalue weighted by atomic mass is 15.7. The maximum atomic E-state index is 6.64. The van der Waals surface area contributed by atoms with E-state index in [-0.39, 0.29) is 5.54 Å². The summed E-state index contributed by atoms with van der Waals surface area (Å²) in [5.74, 6) is 0. The van der Waals surface area contributed by atoms with Crippen LogP contribution in [0.3, 0.4) is 0 Å². The molecule has 0 aromatic heterocycles. The Labute approximate surface area is 108 Å². The quantitative estimate of drug-likeness (QED) is 0.545.